The molecule has 19 heteroatoms. The second-order valence-electron chi connectivity index (χ2n) is 20.9. The molecule has 7 fully saturated rings. The molecule has 19 nitrogen and oxygen atoms in total. The minimum absolute atomic E-state index is 0.0714. The van der Waals surface area contributed by atoms with Crippen LogP contribution in [-0.4, -0.2) is 192 Å². The highest BCUT2D eigenvalue weighted by Crippen LogP contribution is 2.69. The Labute approximate surface area is 373 Å². The van der Waals surface area contributed by atoms with E-state index in [1.54, 1.807) is 6.92 Å². The largest absolute Gasteiger partial charge is 0.394 e. The molecule has 0 spiro atoms. The third kappa shape index (κ3) is 8.27. The summed E-state index contributed by atoms with van der Waals surface area (Å²) in [6.45, 7) is 8.75. The molecule has 8 rings (SSSR count). The minimum atomic E-state index is -1.70. The summed E-state index contributed by atoms with van der Waals surface area (Å²) in [5.74, 6) is -1.44. The van der Waals surface area contributed by atoms with Crippen LogP contribution in [0.1, 0.15) is 86.0 Å². The third-order valence-electron chi connectivity index (χ3n) is 17.2. The fourth-order valence-corrected chi connectivity index (χ4v) is 13.2. The summed E-state index contributed by atoms with van der Waals surface area (Å²) in [5, 5.41) is 115. The Bertz CT molecular complexity index is 1680. The first kappa shape index (κ1) is 49.1. The molecule has 11 N–H and O–H groups in total. The molecule has 0 aromatic carbocycles. The van der Waals surface area contributed by atoms with Gasteiger partial charge >= 0.3 is 0 Å². The van der Waals surface area contributed by atoms with Gasteiger partial charge in [0.25, 0.3) is 0 Å². The van der Waals surface area contributed by atoms with Crippen molar-refractivity contribution in [2.75, 3.05) is 19.8 Å². The Balaban J connectivity index is 0.861. The first-order chi connectivity index (χ1) is 30.2. The average molecular weight is 917 g/mol. The van der Waals surface area contributed by atoms with Crippen molar-refractivity contribution in [2.24, 2.45) is 46.3 Å². The number of ether oxygens (including phenoxy) is 7. The maximum absolute atomic E-state index is 14.6. The summed E-state index contributed by atoms with van der Waals surface area (Å²) in [5.41, 5.74) is 0.263. The number of fused-ring (bicyclic) bond motifs is 7. The van der Waals surface area contributed by atoms with Gasteiger partial charge in [-0.15, -0.1) is 0 Å². The molecule has 0 bridgehead atoms. The van der Waals surface area contributed by atoms with E-state index in [9.17, 15) is 61.0 Å². The topological polar surface area (TPSA) is 304 Å². The van der Waals surface area contributed by atoms with Crippen molar-refractivity contribution >= 4 is 5.78 Å². The normalized spacial score (nSPS) is 54.4. The number of rotatable bonds is 12. The Kier molecular flexibility index (Phi) is 14.2. The van der Waals surface area contributed by atoms with Crippen molar-refractivity contribution in [1.29, 1.82) is 0 Å². The van der Waals surface area contributed by atoms with E-state index < -0.39 is 117 Å². The summed E-state index contributed by atoms with van der Waals surface area (Å²) in [4.78, 5) is 14.6. The smallest absolute Gasteiger partial charge is 0.187 e. The quantitative estimate of drug-likeness (QED) is 0.0978. The third-order valence-corrected chi connectivity index (χ3v) is 17.2. The SMILES string of the molecule is C[C@@H](CC[C@]1(O)O[C@H]2C[C@@H]3[C@H]4CC=C5C[C@@H](O[C@@H]6O[C@H](C)[C@H](O[C@@H]7O[C@H](CO)[C@@H](O)[C@H](O)[C@H]7O)[C@H](O)[C@H]6O)CC[C@]5(C)[C@@H]4CC(=O)[C@]3(C)[C@H]2[C@@H]1C)CO[C@@H]1O[C@H](CO)[C@@H](O)[C@H](O)[C@H]1O. The van der Waals surface area contributed by atoms with Gasteiger partial charge in [0.1, 0.15) is 72.9 Å². The lowest BCUT2D eigenvalue weighted by molar-refractivity contribution is -0.359. The number of hydrogen-bond donors (Lipinski definition) is 11. The number of aliphatic hydroxyl groups excluding tert-OH is 10. The van der Waals surface area contributed by atoms with Gasteiger partial charge in [-0.05, 0) is 74.5 Å². The molecule has 4 saturated heterocycles. The molecule has 8 aliphatic rings. The summed E-state index contributed by atoms with van der Waals surface area (Å²) in [6.07, 6.45) is -14.6. The van der Waals surface area contributed by atoms with Gasteiger partial charge in [-0.2, -0.15) is 0 Å². The van der Waals surface area contributed by atoms with Crippen molar-refractivity contribution in [1.82, 2.24) is 0 Å². The van der Waals surface area contributed by atoms with Gasteiger partial charge in [0, 0.05) is 30.1 Å². The Morgan fingerprint density at radius 3 is 2.05 bits per heavy atom. The Hall–Kier alpha value is -1.31. The first-order valence-corrected chi connectivity index (χ1v) is 23.4. The van der Waals surface area contributed by atoms with E-state index in [1.807, 2.05) is 13.8 Å². The van der Waals surface area contributed by atoms with Gasteiger partial charge in [-0.3, -0.25) is 4.79 Å². The number of Topliss-reactive ketones (excluding diaryl/α,β-unsaturated/α-hetero) is 1. The van der Waals surface area contributed by atoms with Crippen LogP contribution in [0, 0.1) is 46.3 Å². The standard InChI is InChI=1S/C45H72O19/c1-18(17-58-40-36(54)33(51)31(49)27(15-46)61-40)8-11-45(57)19(2)30-26(64-45)13-25-23-7-6-21-12-22(9-10-43(21,4)24(23)14-29(48)44(25,30)5)60-41-38(56)35(53)39(20(3)59-41)63-42-37(55)34(52)32(50)28(16-47)62-42/h6,18-20,22-28,30-42,46-47,49-57H,7-17H2,1-5H3/t18-,19-,20+,22-,23-,24+,25+,26-,27+,28+,30-,31+,32+,33-,34-,35+,36+,37+,38+,39-,40+,41-,42-,43-,44+,45-/m0/s1. The van der Waals surface area contributed by atoms with Gasteiger partial charge in [-0.25, -0.2) is 0 Å². The molecule has 3 saturated carbocycles. The molecular weight excluding hydrogens is 844 g/mol. The zero-order chi connectivity index (χ0) is 46.4. The maximum Gasteiger partial charge on any atom is 0.187 e. The van der Waals surface area contributed by atoms with Gasteiger partial charge in [0.2, 0.25) is 0 Å². The number of carbonyl (C=O) groups excluding carboxylic acids is 1. The van der Waals surface area contributed by atoms with Crippen LogP contribution in [0.2, 0.25) is 0 Å². The number of allylic oxidation sites excluding steroid dienone is 1. The monoisotopic (exact) mass is 916 g/mol. The van der Waals surface area contributed by atoms with Gasteiger partial charge in [0.15, 0.2) is 24.7 Å². The van der Waals surface area contributed by atoms with E-state index in [0.29, 0.717) is 38.5 Å². The maximum atomic E-state index is 14.6. The number of hydrogen-bond acceptors (Lipinski definition) is 19. The van der Waals surface area contributed by atoms with Crippen molar-refractivity contribution in [2.45, 2.75) is 196 Å². The Morgan fingerprint density at radius 2 is 1.39 bits per heavy atom. The van der Waals surface area contributed by atoms with Crippen LogP contribution in [0.3, 0.4) is 0 Å². The number of aliphatic hydroxyl groups is 11. The van der Waals surface area contributed by atoms with Gasteiger partial charge in [-0.1, -0.05) is 39.3 Å². The molecule has 366 valence electrons. The predicted molar refractivity (Wildman–Crippen MR) is 218 cm³/mol. The predicted octanol–water partition coefficient (Wildman–Crippen LogP) is -1.65. The lowest BCUT2D eigenvalue weighted by Gasteiger charge is -2.57. The number of ketones is 1. The van der Waals surface area contributed by atoms with E-state index in [-0.39, 0.29) is 65.5 Å². The summed E-state index contributed by atoms with van der Waals surface area (Å²) in [6, 6.07) is 0. The molecule has 4 heterocycles. The van der Waals surface area contributed by atoms with Crippen LogP contribution in [0.5, 0.6) is 0 Å². The minimum Gasteiger partial charge on any atom is -0.394 e. The van der Waals surface area contributed by atoms with Crippen molar-refractivity contribution in [3.63, 3.8) is 0 Å². The van der Waals surface area contributed by atoms with Crippen molar-refractivity contribution in [3.05, 3.63) is 11.6 Å². The van der Waals surface area contributed by atoms with E-state index >= 15 is 0 Å². The molecule has 0 aromatic heterocycles. The van der Waals surface area contributed by atoms with E-state index in [4.69, 9.17) is 33.2 Å². The molecule has 0 radical (unpaired) electrons. The molecule has 26 atom stereocenters. The second-order valence-corrected chi connectivity index (χ2v) is 20.9. The van der Waals surface area contributed by atoms with Crippen LogP contribution in [0.25, 0.3) is 0 Å². The van der Waals surface area contributed by atoms with E-state index in [0.717, 1.165) is 12.8 Å². The molecule has 0 unspecified atom stereocenters. The highest BCUT2D eigenvalue weighted by atomic mass is 16.7. The van der Waals surface area contributed by atoms with E-state index in [1.165, 1.54) is 5.57 Å². The highest BCUT2D eigenvalue weighted by Gasteiger charge is 2.70. The molecule has 64 heavy (non-hydrogen) atoms. The van der Waals surface area contributed by atoms with Crippen LogP contribution in [-0.2, 0) is 38.0 Å². The van der Waals surface area contributed by atoms with E-state index in [2.05, 4.69) is 19.9 Å². The fraction of sp³-hybridized carbons (Fsp3) is 0.933. The zero-order valence-electron chi connectivity index (χ0n) is 37.3. The number of carbonyl (C=O) groups is 1. The van der Waals surface area contributed by atoms with Crippen LogP contribution in [0.4, 0.5) is 0 Å². The molecule has 4 aliphatic heterocycles. The molecule has 0 aromatic rings. The molecule has 4 aliphatic carbocycles. The highest BCUT2D eigenvalue weighted by molar-refractivity contribution is 5.87. The first-order valence-electron chi connectivity index (χ1n) is 23.4. The fourth-order valence-electron chi connectivity index (χ4n) is 13.2. The molecule has 0 amide bonds. The van der Waals surface area contributed by atoms with Gasteiger partial charge < -0.3 is 89.3 Å². The Morgan fingerprint density at radius 1 is 0.781 bits per heavy atom. The average Bonchev–Trinajstić information content (AvgIpc) is 3.71. The van der Waals surface area contributed by atoms with Crippen LogP contribution < -0.4 is 0 Å². The summed E-state index contributed by atoms with van der Waals surface area (Å²) < 4.78 is 41.4. The van der Waals surface area contributed by atoms with Gasteiger partial charge in [0.05, 0.1) is 38.1 Å². The summed E-state index contributed by atoms with van der Waals surface area (Å²) >= 11 is 0. The summed E-state index contributed by atoms with van der Waals surface area (Å²) in [7, 11) is 0. The lowest BCUT2D eigenvalue weighted by atomic mass is 9.46. The van der Waals surface area contributed by atoms with Crippen LogP contribution in [0.15, 0.2) is 11.6 Å². The van der Waals surface area contributed by atoms with Crippen LogP contribution >= 0.6 is 0 Å². The lowest BCUT2D eigenvalue weighted by Crippen LogP contribution is -2.64. The van der Waals surface area contributed by atoms with Crippen molar-refractivity contribution in [3.8, 4) is 0 Å². The van der Waals surface area contributed by atoms with Crippen molar-refractivity contribution < 1.29 is 94.1 Å². The molecular formula is C45H72O19. The zero-order valence-corrected chi connectivity index (χ0v) is 37.3. The second kappa shape index (κ2) is 18.5.